The second-order valence-electron chi connectivity index (χ2n) is 5.26. The molecule has 2 N–H and O–H groups in total. The fourth-order valence-corrected chi connectivity index (χ4v) is 2.40. The normalized spacial score (nSPS) is 22.3. The lowest BCUT2D eigenvalue weighted by atomic mass is 10.1. The summed E-state index contributed by atoms with van der Waals surface area (Å²) in [6, 6.07) is 0. The van der Waals surface area contributed by atoms with E-state index in [4.69, 9.17) is 10.5 Å². The van der Waals surface area contributed by atoms with Gasteiger partial charge in [0.15, 0.2) is 0 Å². The van der Waals surface area contributed by atoms with Crippen LogP contribution >= 0.6 is 0 Å². The molecule has 1 aromatic rings. The summed E-state index contributed by atoms with van der Waals surface area (Å²) in [5.41, 5.74) is 4.94. The van der Waals surface area contributed by atoms with Gasteiger partial charge in [-0.25, -0.2) is 9.97 Å². The molecule has 0 amide bonds. The Morgan fingerprint density at radius 2 is 2.26 bits per heavy atom. The number of ether oxygens (including phenoxy) is 1. The van der Waals surface area contributed by atoms with E-state index in [9.17, 15) is 10.1 Å². The molecule has 0 spiro atoms. The van der Waals surface area contributed by atoms with Gasteiger partial charge in [-0.15, -0.1) is 0 Å². The van der Waals surface area contributed by atoms with Crippen LogP contribution in [0, 0.1) is 10.1 Å². The summed E-state index contributed by atoms with van der Waals surface area (Å²) >= 11 is 0. The fraction of sp³-hybridized carbons (Fsp3) is 0.636. The van der Waals surface area contributed by atoms with Gasteiger partial charge in [0.2, 0.25) is 11.6 Å². The smallest absolute Gasteiger partial charge is 0.353 e. The third-order valence-corrected chi connectivity index (χ3v) is 2.88. The van der Waals surface area contributed by atoms with Crippen molar-refractivity contribution < 1.29 is 9.66 Å². The third-order valence-electron chi connectivity index (χ3n) is 2.88. The molecule has 1 unspecified atom stereocenters. The van der Waals surface area contributed by atoms with Crippen LogP contribution in [0.4, 0.5) is 17.3 Å². The summed E-state index contributed by atoms with van der Waals surface area (Å²) in [5.74, 6) is 0.132. The summed E-state index contributed by atoms with van der Waals surface area (Å²) in [6.07, 6.45) is 1.20. The van der Waals surface area contributed by atoms with E-state index in [1.807, 2.05) is 25.7 Å². The zero-order valence-electron chi connectivity index (χ0n) is 11.2. The Balaban J connectivity index is 2.41. The highest BCUT2D eigenvalue weighted by atomic mass is 16.6. The number of hydrogen-bond donors (Lipinski definition) is 1. The van der Waals surface area contributed by atoms with Crippen molar-refractivity contribution in [2.75, 3.05) is 23.7 Å². The van der Waals surface area contributed by atoms with Crippen molar-refractivity contribution in [3.8, 4) is 0 Å². The first kappa shape index (κ1) is 13.5. The maximum atomic E-state index is 11.1. The Labute approximate surface area is 110 Å². The first-order valence-corrected chi connectivity index (χ1v) is 5.98. The van der Waals surface area contributed by atoms with Crippen molar-refractivity contribution in [1.82, 2.24) is 9.97 Å². The van der Waals surface area contributed by atoms with E-state index in [-0.39, 0.29) is 23.4 Å². The Morgan fingerprint density at radius 1 is 1.58 bits per heavy atom. The van der Waals surface area contributed by atoms with Crippen molar-refractivity contribution in [2.24, 2.45) is 0 Å². The van der Waals surface area contributed by atoms with E-state index in [1.54, 1.807) is 0 Å². The van der Waals surface area contributed by atoms with Crippen molar-refractivity contribution in [3.63, 3.8) is 0 Å². The van der Waals surface area contributed by atoms with Crippen LogP contribution < -0.4 is 10.6 Å². The molecule has 1 aliphatic rings. The molecular formula is C11H17N5O3. The number of nitrogens with zero attached hydrogens (tertiary/aromatic N) is 4. The Morgan fingerprint density at radius 3 is 2.84 bits per heavy atom. The summed E-state index contributed by atoms with van der Waals surface area (Å²) in [4.78, 5) is 20.1. The monoisotopic (exact) mass is 267 g/mol. The van der Waals surface area contributed by atoms with Crippen LogP contribution in [-0.2, 0) is 4.74 Å². The average molecular weight is 267 g/mol. The molecule has 1 atom stereocenters. The molecule has 1 aliphatic heterocycles. The van der Waals surface area contributed by atoms with Gasteiger partial charge in [-0.1, -0.05) is 0 Å². The van der Waals surface area contributed by atoms with Gasteiger partial charge in [0.05, 0.1) is 16.6 Å². The van der Waals surface area contributed by atoms with Crippen LogP contribution in [0.15, 0.2) is 6.33 Å². The molecule has 8 nitrogen and oxygen atoms in total. The Bertz CT molecular complexity index is 505. The van der Waals surface area contributed by atoms with Gasteiger partial charge < -0.3 is 15.4 Å². The number of anilines is 2. The minimum atomic E-state index is -0.544. The number of rotatable bonds is 2. The van der Waals surface area contributed by atoms with Crippen molar-refractivity contribution in [1.29, 1.82) is 0 Å². The zero-order chi connectivity index (χ0) is 14.2. The zero-order valence-corrected chi connectivity index (χ0v) is 11.2. The average Bonchev–Trinajstić information content (AvgIpc) is 2.25. The van der Waals surface area contributed by atoms with Crippen molar-refractivity contribution >= 4 is 17.3 Å². The minimum absolute atomic E-state index is 0.0421. The highest BCUT2D eigenvalue weighted by molar-refractivity contribution is 5.68. The van der Waals surface area contributed by atoms with E-state index < -0.39 is 10.5 Å². The van der Waals surface area contributed by atoms with Crippen LogP contribution in [0.2, 0.25) is 0 Å². The highest BCUT2D eigenvalue weighted by Gasteiger charge is 2.35. The van der Waals surface area contributed by atoms with E-state index >= 15 is 0 Å². The lowest BCUT2D eigenvalue weighted by Gasteiger charge is -2.41. The Hall–Kier alpha value is -1.96. The van der Waals surface area contributed by atoms with Crippen LogP contribution in [0.1, 0.15) is 20.8 Å². The second-order valence-corrected chi connectivity index (χ2v) is 5.26. The summed E-state index contributed by atoms with van der Waals surface area (Å²) in [6.45, 7) is 6.83. The molecule has 0 aliphatic carbocycles. The fourth-order valence-electron chi connectivity index (χ4n) is 2.40. The molecule has 1 saturated heterocycles. The van der Waals surface area contributed by atoms with Crippen LogP contribution in [0.25, 0.3) is 0 Å². The van der Waals surface area contributed by atoms with Crippen LogP contribution in [-0.4, -0.2) is 39.7 Å². The second kappa shape index (κ2) is 4.61. The molecule has 0 bridgehead atoms. The largest absolute Gasteiger partial charge is 0.378 e. The molecule has 2 rings (SSSR count). The third kappa shape index (κ3) is 2.73. The van der Waals surface area contributed by atoms with Crippen LogP contribution in [0.3, 0.4) is 0 Å². The highest BCUT2D eigenvalue weighted by Crippen LogP contribution is 2.33. The van der Waals surface area contributed by atoms with E-state index in [0.717, 1.165) is 0 Å². The van der Waals surface area contributed by atoms with Gasteiger partial charge in [-0.2, -0.15) is 0 Å². The molecule has 19 heavy (non-hydrogen) atoms. The lowest BCUT2D eigenvalue weighted by Crippen LogP contribution is -2.52. The van der Waals surface area contributed by atoms with Gasteiger partial charge in [0.1, 0.15) is 6.33 Å². The SMILES string of the molecule is CC1CN(c2ncnc(N)c2[N+](=O)[O-])CC(C)(C)O1. The first-order chi connectivity index (χ1) is 8.80. The quantitative estimate of drug-likeness (QED) is 0.628. The van der Waals surface area contributed by atoms with Gasteiger partial charge in [-0.05, 0) is 20.8 Å². The molecule has 1 fully saturated rings. The summed E-state index contributed by atoms with van der Waals surface area (Å²) in [7, 11) is 0. The molecule has 2 heterocycles. The number of aromatic nitrogens is 2. The predicted molar refractivity (Wildman–Crippen MR) is 69.9 cm³/mol. The van der Waals surface area contributed by atoms with Gasteiger partial charge in [-0.3, -0.25) is 10.1 Å². The van der Waals surface area contributed by atoms with E-state index in [1.165, 1.54) is 6.33 Å². The predicted octanol–water partition coefficient (Wildman–Crippen LogP) is 0.971. The van der Waals surface area contributed by atoms with Crippen molar-refractivity contribution in [3.05, 3.63) is 16.4 Å². The minimum Gasteiger partial charge on any atom is -0.378 e. The number of hydrogen-bond acceptors (Lipinski definition) is 7. The maximum absolute atomic E-state index is 11.1. The molecule has 0 saturated carbocycles. The Kier molecular flexibility index (Phi) is 3.27. The number of nitro groups is 1. The standard InChI is InChI=1S/C11H17N5O3/c1-7-4-15(5-11(2,3)19-7)10-8(16(17)18)9(12)13-6-14-10/h6-7H,4-5H2,1-3H3,(H2,12,13,14). The molecule has 0 radical (unpaired) electrons. The summed E-state index contributed by atoms with van der Waals surface area (Å²) in [5, 5.41) is 11.1. The molecule has 8 heteroatoms. The number of morpholine rings is 1. The van der Waals surface area contributed by atoms with Gasteiger partial charge in [0.25, 0.3) is 0 Å². The van der Waals surface area contributed by atoms with E-state index in [0.29, 0.717) is 13.1 Å². The topological polar surface area (TPSA) is 107 Å². The van der Waals surface area contributed by atoms with Gasteiger partial charge >= 0.3 is 5.69 Å². The van der Waals surface area contributed by atoms with Crippen molar-refractivity contribution in [2.45, 2.75) is 32.5 Å². The molecule has 104 valence electrons. The molecule has 1 aromatic heterocycles. The number of nitrogen functional groups attached to an aromatic ring is 1. The molecule has 0 aromatic carbocycles. The number of nitrogens with two attached hydrogens (primary N) is 1. The maximum Gasteiger partial charge on any atom is 0.353 e. The first-order valence-electron chi connectivity index (χ1n) is 5.98. The van der Waals surface area contributed by atoms with E-state index in [2.05, 4.69) is 9.97 Å². The van der Waals surface area contributed by atoms with Gasteiger partial charge in [0, 0.05) is 13.1 Å². The molecular weight excluding hydrogens is 250 g/mol. The van der Waals surface area contributed by atoms with Crippen LogP contribution in [0.5, 0.6) is 0 Å². The lowest BCUT2D eigenvalue weighted by molar-refractivity contribution is -0.383. The summed E-state index contributed by atoms with van der Waals surface area (Å²) < 4.78 is 5.77.